The van der Waals surface area contributed by atoms with E-state index in [4.69, 9.17) is 4.74 Å². The Bertz CT molecular complexity index is 1340. The lowest BCUT2D eigenvalue weighted by Crippen LogP contribution is -2.44. The van der Waals surface area contributed by atoms with Crippen molar-refractivity contribution < 1.29 is 14.3 Å². The highest BCUT2D eigenvalue weighted by Gasteiger charge is 2.38. The summed E-state index contributed by atoms with van der Waals surface area (Å²) in [7, 11) is 2.12. The molecule has 4 bridgehead atoms. The number of hydrogen-bond acceptors (Lipinski definition) is 7. The van der Waals surface area contributed by atoms with Crippen molar-refractivity contribution in [2.24, 2.45) is 5.92 Å². The molecule has 2 unspecified atom stereocenters. The summed E-state index contributed by atoms with van der Waals surface area (Å²) in [5.41, 5.74) is 4.89. The number of Topliss-reactive ketones (excluding diaryl/α,β-unsaturated/α-hetero) is 1. The summed E-state index contributed by atoms with van der Waals surface area (Å²) in [6.07, 6.45) is 11.1. The van der Waals surface area contributed by atoms with Crippen molar-refractivity contribution in [1.29, 1.82) is 0 Å². The van der Waals surface area contributed by atoms with Crippen molar-refractivity contribution in [3.05, 3.63) is 47.4 Å². The molecule has 0 saturated heterocycles. The molecule has 7 nitrogen and oxygen atoms in total. The van der Waals surface area contributed by atoms with Gasteiger partial charge in [0.25, 0.3) is 0 Å². The maximum absolute atomic E-state index is 13.6. The van der Waals surface area contributed by atoms with Crippen LogP contribution >= 0.6 is 11.9 Å². The van der Waals surface area contributed by atoms with E-state index in [9.17, 15) is 9.59 Å². The van der Waals surface area contributed by atoms with E-state index in [0.29, 0.717) is 23.9 Å². The molecule has 39 heavy (non-hydrogen) atoms. The lowest BCUT2D eigenvalue weighted by Gasteiger charge is -2.33. The van der Waals surface area contributed by atoms with Crippen LogP contribution < -0.4 is 14.9 Å². The Morgan fingerprint density at radius 2 is 1.95 bits per heavy atom. The zero-order valence-electron chi connectivity index (χ0n) is 23.3. The topological polar surface area (TPSA) is 75.6 Å². The van der Waals surface area contributed by atoms with Crippen LogP contribution in [-0.2, 0) is 20.9 Å². The van der Waals surface area contributed by atoms with Gasteiger partial charge in [-0.2, -0.15) is 0 Å². The molecule has 0 radical (unpaired) electrons. The minimum absolute atomic E-state index is 0.177. The van der Waals surface area contributed by atoms with E-state index in [2.05, 4.69) is 58.6 Å². The van der Waals surface area contributed by atoms with Crippen LogP contribution in [-0.4, -0.2) is 47.9 Å². The van der Waals surface area contributed by atoms with E-state index in [0.717, 1.165) is 55.8 Å². The molecule has 1 aromatic heterocycles. The smallest absolute Gasteiger partial charge is 0.238 e. The first-order valence-electron chi connectivity index (χ1n) is 14.6. The van der Waals surface area contributed by atoms with Gasteiger partial charge >= 0.3 is 0 Å². The third-order valence-electron chi connectivity index (χ3n) is 8.97. The fourth-order valence-corrected chi connectivity index (χ4v) is 7.84. The summed E-state index contributed by atoms with van der Waals surface area (Å²) < 4.78 is 12.4. The van der Waals surface area contributed by atoms with Crippen molar-refractivity contribution in [3.63, 3.8) is 0 Å². The Balaban J connectivity index is 1.60. The number of allylic oxidation sites excluding steroid dienone is 3. The second-order valence-electron chi connectivity index (χ2n) is 11.6. The van der Waals surface area contributed by atoms with E-state index in [1.54, 1.807) is 18.0 Å². The Hall–Kier alpha value is -2.55. The number of aromatic nitrogens is 1. The Morgan fingerprint density at radius 3 is 2.74 bits per heavy atom. The largest absolute Gasteiger partial charge is 0.492 e. The Morgan fingerprint density at radius 1 is 1.13 bits per heavy atom. The highest BCUT2D eigenvalue weighted by Crippen LogP contribution is 2.45. The van der Waals surface area contributed by atoms with E-state index >= 15 is 0 Å². The molecule has 6 rings (SSSR count). The van der Waals surface area contributed by atoms with Gasteiger partial charge in [-0.05, 0) is 62.0 Å². The zero-order valence-corrected chi connectivity index (χ0v) is 24.1. The number of rotatable bonds is 3. The fourth-order valence-electron chi connectivity index (χ4n) is 6.74. The first-order valence-corrected chi connectivity index (χ1v) is 15.5. The lowest BCUT2D eigenvalue weighted by atomic mass is 9.80. The molecular weight excluding hydrogens is 508 g/mol. The molecule has 0 amide bonds. The molecule has 4 aliphatic rings. The van der Waals surface area contributed by atoms with E-state index < -0.39 is 11.6 Å². The number of carbonyl (C=O) groups is 2. The van der Waals surface area contributed by atoms with Gasteiger partial charge in [0.2, 0.25) is 11.6 Å². The first-order chi connectivity index (χ1) is 19.0. The molecule has 3 atom stereocenters. The van der Waals surface area contributed by atoms with Gasteiger partial charge in [0.05, 0.1) is 35.4 Å². The predicted molar refractivity (Wildman–Crippen MR) is 159 cm³/mol. The number of hydrogen-bond donors (Lipinski definition) is 2. The number of benzene rings is 1. The second kappa shape index (κ2) is 11.1. The van der Waals surface area contributed by atoms with Gasteiger partial charge in [-0.25, -0.2) is 4.72 Å². The second-order valence-corrected chi connectivity index (χ2v) is 12.7. The molecule has 2 aliphatic heterocycles. The molecule has 2 aliphatic carbocycles. The predicted octanol–water partition coefficient (Wildman–Crippen LogP) is 5.50. The molecule has 1 saturated carbocycles. The average Bonchev–Trinajstić information content (AvgIpc) is 3.23. The third-order valence-corrected chi connectivity index (χ3v) is 9.92. The minimum Gasteiger partial charge on any atom is -0.492 e. The van der Waals surface area contributed by atoms with Gasteiger partial charge in [0, 0.05) is 36.6 Å². The number of ketones is 2. The summed E-state index contributed by atoms with van der Waals surface area (Å²) in [6, 6.07) is 6.92. The molecular formula is C31H40N4O3S. The van der Waals surface area contributed by atoms with Crippen LogP contribution in [0, 0.1) is 5.92 Å². The van der Waals surface area contributed by atoms with Crippen LogP contribution in [0.3, 0.4) is 0 Å². The monoisotopic (exact) mass is 548 g/mol. The van der Waals surface area contributed by atoms with Crippen LogP contribution in [0.5, 0.6) is 0 Å². The number of fused-ring (bicyclic) bond motifs is 3. The van der Waals surface area contributed by atoms with E-state index in [-0.39, 0.29) is 17.3 Å². The van der Waals surface area contributed by atoms with Crippen LogP contribution in [0.1, 0.15) is 76.0 Å². The maximum Gasteiger partial charge on any atom is 0.238 e. The van der Waals surface area contributed by atoms with E-state index in [1.807, 2.05) is 0 Å². The first kappa shape index (κ1) is 26.7. The number of nitrogens with one attached hydrogen (secondary N) is 2. The van der Waals surface area contributed by atoms with Crippen molar-refractivity contribution in [2.75, 3.05) is 25.2 Å². The molecule has 8 heteroatoms. The molecule has 2 N–H and O–H groups in total. The molecule has 2 aromatic rings. The molecule has 1 fully saturated rings. The third kappa shape index (κ3) is 4.96. The van der Waals surface area contributed by atoms with Crippen LogP contribution in [0.4, 0.5) is 5.69 Å². The van der Waals surface area contributed by atoms with Gasteiger partial charge < -0.3 is 19.5 Å². The van der Waals surface area contributed by atoms with Crippen molar-refractivity contribution >= 4 is 45.7 Å². The quantitative estimate of drug-likeness (QED) is 0.298. The molecule has 208 valence electrons. The maximum atomic E-state index is 13.6. The summed E-state index contributed by atoms with van der Waals surface area (Å²) in [5.74, 6) is 0.170. The van der Waals surface area contributed by atoms with Gasteiger partial charge in [-0.1, -0.05) is 50.6 Å². The summed E-state index contributed by atoms with van der Waals surface area (Å²) in [5, 5.41) is 5.36. The SMILES string of the molecule is CCCC1NC(C)[C@@H]2COC3=C(C(=O)C(=O)C=C3)c3c(C4CCCCC4)c4ccc(cc4n3C2)N(C)CNS1. The molecule has 0 spiro atoms. The van der Waals surface area contributed by atoms with Gasteiger partial charge in [0.1, 0.15) is 5.76 Å². The molecule has 1 aromatic carbocycles. The van der Waals surface area contributed by atoms with Gasteiger partial charge in [-0.15, -0.1) is 0 Å². The highest BCUT2D eigenvalue weighted by molar-refractivity contribution is 7.98. The van der Waals surface area contributed by atoms with Crippen LogP contribution in [0.25, 0.3) is 16.5 Å². The van der Waals surface area contributed by atoms with Crippen molar-refractivity contribution in [1.82, 2.24) is 14.6 Å². The van der Waals surface area contributed by atoms with Crippen molar-refractivity contribution in [2.45, 2.75) is 82.7 Å². The lowest BCUT2D eigenvalue weighted by molar-refractivity contribution is -0.130. The normalized spacial score (nSPS) is 26.6. The minimum atomic E-state index is -0.465. The number of nitrogens with zero attached hydrogens (tertiary/aromatic N) is 2. The number of ether oxygens (including phenoxy) is 1. The summed E-state index contributed by atoms with van der Waals surface area (Å²) >= 11 is 1.76. The highest BCUT2D eigenvalue weighted by atomic mass is 32.2. The summed E-state index contributed by atoms with van der Waals surface area (Å²) in [4.78, 5) is 28.6. The van der Waals surface area contributed by atoms with Gasteiger partial charge in [-0.3, -0.25) is 9.59 Å². The number of anilines is 1. The zero-order chi connectivity index (χ0) is 27.1. The number of carbonyl (C=O) groups excluding carboxylic acids is 2. The van der Waals surface area contributed by atoms with Crippen molar-refractivity contribution in [3.8, 4) is 0 Å². The fraction of sp³-hybridized carbons (Fsp3) is 0.548. The molecule has 3 heterocycles. The van der Waals surface area contributed by atoms with Gasteiger partial charge in [0.15, 0.2) is 0 Å². The Labute approximate surface area is 235 Å². The average molecular weight is 549 g/mol. The Kier molecular flexibility index (Phi) is 7.62. The summed E-state index contributed by atoms with van der Waals surface area (Å²) in [6.45, 7) is 6.40. The van der Waals surface area contributed by atoms with Crippen LogP contribution in [0.2, 0.25) is 0 Å². The van der Waals surface area contributed by atoms with Crippen LogP contribution in [0.15, 0.2) is 36.1 Å². The van der Waals surface area contributed by atoms with E-state index in [1.165, 1.54) is 36.3 Å². The standard InChI is InChI=1S/C31H40N4O3S/c1-4-8-27-33-19(2)21-16-35-24-15-22(34(3)18-32-39-27)11-12-23(24)28(20-9-6-5-7-10-20)30(35)29-26(38-17-21)14-13-25(36)31(29)37/h11-15,19-21,27,32-33H,4-10,16-18H2,1-3H3/t19?,21-,27?/m0/s1.